The van der Waals surface area contributed by atoms with Gasteiger partial charge in [-0.25, -0.2) is 0 Å². The predicted octanol–water partition coefficient (Wildman–Crippen LogP) is 1.38. The van der Waals surface area contributed by atoms with Crippen molar-refractivity contribution in [2.24, 2.45) is 5.92 Å². The highest BCUT2D eigenvalue weighted by molar-refractivity contribution is 5.93. The van der Waals surface area contributed by atoms with E-state index in [0.29, 0.717) is 37.5 Å². The van der Waals surface area contributed by atoms with Crippen molar-refractivity contribution in [1.29, 1.82) is 0 Å². The Morgan fingerprint density at radius 2 is 2.12 bits per heavy atom. The van der Waals surface area contributed by atoms with Gasteiger partial charge in [0, 0.05) is 45.6 Å². The Balaban J connectivity index is 1.59. The number of hydrogen-bond donors (Lipinski definition) is 0. The third-order valence-electron chi connectivity index (χ3n) is 5.28. The molecule has 0 radical (unpaired) electrons. The number of aromatic nitrogens is 1. The number of hydrogen-bond acceptors (Lipinski definition) is 5. The van der Waals surface area contributed by atoms with Gasteiger partial charge in [-0.15, -0.1) is 0 Å². The number of nitrogens with zero attached hydrogens (tertiary/aromatic N) is 4. The molecular formula is C18H28N4O3. The van der Waals surface area contributed by atoms with E-state index in [2.05, 4.69) is 17.1 Å². The summed E-state index contributed by atoms with van der Waals surface area (Å²) in [6, 6.07) is 0. The van der Waals surface area contributed by atoms with Gasteiger partial charge in [-0.05, 0) is 38.8 Å². The highest BCUT2D eigenvalue weighted by Crippen LogP contribution is 2.25. The zero-order valence-corrected chi connectivity index (χ0v) is 15.5. The van der Waals surface area contributed by atoms with E-state index in [4.69, 9.17) is 4.52 Å². The standard InChI is InChI=1S/C18H28N4O3/c1-20(2)18(24)17-14-12-22(10-8-15(14)25-19-17)16(23)7-6-13-5-4-9-21(3)11-13/h13H,4-12H2,1-3H3/t13-/m0/s1. The fraction of sp³-hybridized carbons (Fsp3) is 0.722. The van der Waals surface area contributed by atoms with E-state index in [0.717, 1.165) is 30.8 Å². The van der Waals surface area contributed by atoms with E-state index in [1.54, 1.807) is 14.1 Å². The minimum Gasteiger partial charge on any atom is -0.360 e. The van der Waals surface area contributed by atoms with Crippen LogP contribution in [0.1, 0.15) is 47.5 Å². The largest absolute Gasteiger partial charge is 0.360 e. The van der Waals surface area contributed by atoms with Gasteiger partial charge in [0.15, 0.2) is 5.69 Å². The SMILES string of the molecule is CN1CCC[C@@H](CCC(=O)N2CCc3onc(C(=O)N(C)C)c3C2)C1. The van der Waals surface area contributed by atoms with Crippen LogP contribution in [0.25, 0.3) is 0 Å². The number of amides is 2. The molecule has 3 heterocycles. The fourth-order valence-corrected chi connectivity index (χ4v) is 3.80. The Kier molecular flexibility index (Phi) is 5.42. The van der Waals surface area contributed by atoms with Gasteiger partial charge in [-0.1, -0.05) is 5.16 Å². The Hall–Kier alpha value is -1.89. The minimum atomic E-state index is -0.176. The van der Waals surface area contributed by atoms with Crippen molar-refractivity contribution in [3.05, 3.63) is 17.0 Å². The summed E-state index contributed by atoms with van der Waals surface area (Å²) in [5, 5.41) is 3.93. The Morgan fingerprint density at radius 3 is 2.84 bits per heavy atom. The monoisotopic (exact) mass is 348 g/mol. The van der Waals surface area contributed by atoms with Crippen molar-refractivity contribution in [2.45, 2.75) is 38.6 Å². The summed E-state index contributed by atoms with van der Waals surface area (Å²) in [6.07, 6.45) is 4.59. The van der Waals surface area contributed by atoms with Crippen LogP contribution in [0.4, 0.5) is 0 Å². The van der Waals surface area contributed by atoms with Gasteiger partial charge in [-0.2, -0.15) is 0 Å². The Bertz CT molecular complexity index is 640. The van der Waals surface area contributed by atoms with Crippen molar-refractivity contribution < 1.29 is 14.1 Å². The molecule has 7 nitrogen and oxygen atoms in total. The molecule has 0 bridgehead atoms. The molecule has 1 saturated heterocycles. The Morgan fingerprint density at radius 1 is 1.32 bits per heavy atom. The van der Waals surface area contributed by atoms with Crippen molar-refractivity contribution >= 4 is 11.8 Å². The number of rotatable bonds is 4. The molecule has 25 heavy (non-hydrogen) atoms. The van der Waals surface area contributed by atoms with E-state index in [9.17, 15) is 9.59 Å². The quantitative estimate of drug-likeness (QED) is 0.822. The molecule has 138 valence electrons. The summed E-state index contributed by atoms with van der Waals surface area (Å²) >= 11 is 0. The Labute approximate surface area is 148 Å². The van der Waals surface area contributed by atoms with Gasteiger partial charge in [-0.3, -0.25) is 9.59 Å². The van der Waals surface area contributed by atoms with Gasteiger partial charge < -0.3 is 19.2 Å². The maximum absolute atomic E-state index is 12.6. The first kappa shape index (κ1) is 17.9. The summed E-state index contributed by atoms with van der Waals surface area (Å²) in [6.45, 7) is 3.32. The summed E-state index contributed by atoms with van der Waals surface area (Å²) in [4.78, 5) is 30.5. The summed E-state index contributed by atoms with van der Waals surface area (Å²) in [5.41, 5.74) is 1.11. The van der Waals surface area contributed by atoms with Crippen LogP contribution < -0.4 is 0 Å². The van der Waals surface area contributed by atoms with Gasteiger partial charge in [0.2, 0.25) is 5.91 Å². The van der Waals surface area contributed by atoms with Crippen LogP contribution >= 0.6 is 0 Å². The molecule has 0 aliphatic carbocycles. The lowest BCUT2D eigenvalue weighted by Gasteiger charge is -2.31. The fourth-order valence-electron chi connectivity index (χ4n) is 3.80. The third-order valence-corrected chi connectivity index (χ3v) is 5.28. The van der Waals surface area contributed by atoms with Crippen molar-refractivity contribution in [3.63, 3.8) is 0 Å². The molecule has 0 unspecified atom stereocenters. The molecule has 0 aromatic carbocycles. The van der Waals surface area contributed by atoms with E-state index in [-0.39, 0.29) is 11.8 Å². The molecule has 1 aromatic rings. The lowest BCUT2D eigenvalue weighted by Crippen LogP contribution is -2.37. The summed E-state index contributed by atoms with van der Waals surface area (Å²) in [5.74, 6) is 1.35. The summed E-state index contributed by atoms with van der Waals surface area (Å²) in [7, 11) is 5.53. The first-order chi connectivity index (χ1) is 12.0. The van der Waals surface area contributed by atoms with Crippen LogP contribution in [0.2, 0.25) is 0 Å². The van der Waals surface area contributed by atoms with Crippen molar-refractivity contribution in [3.8, 4) is 0 Å². The molecule has 2 aliphatic heterocycles. The second kappa shape index (κ2) is 7.56. The van der Waals surface area contributed by atoms with Gasteiger partial charge in [0.1, 0.15) is 5.76 Å². The number of piperidine rings is 1. The average Bonchev–Trinajstić information content (AvgIpc) is 3.02. The molecule has 3 rings (SSSR count). The van der Waals surface area contributed by atoms with E-state index >= 15 is 0 Å². The topological polar surface area (TPSA) is 69.9 Å². The second-order valence-corrected chi connectivity index (χ2v) is 7.51. The summed E-state index contributed by atoms with van der Waals surface area (Å²) < 4.78 is 5.31. The molecule has 0 N–H and O–H groups in total. The lowest BCUT2D eigenvalue weighted by atomic mass is 9.93. The number of carbonyl (C=O) groups excluding carboxylic acids is 2. The predicted molar refractivity (Wildman–Crippen MR) is 93.1 cm³/mol. The first-order valence-electron chi connectivity index (χ1n) is 9.11. The highest BCUT2D eigenvalue weighted by Gasteiger charge is 2.30. The van der Waals surface area contributed by atoms with Crippen LogP contribution in [0.15, 0.2) is 4.52 Å². The van der Waals surface area contributed by atoms with Crippen molar-refractivity contribution in [2.75, 3.05) is 40.8 Å². The van der Waals surface area contributed by atoms with Crippen LogP contribution in [-0.4, -0.2) is 72.4 Å². The molecule has 2 amide bonds. The molecule has 0 saturated carbocycles. The minimum absolute atomic E-state index is 0.170. The number of carbonyl (C=O) groups is 2. The number of fused-ring (bicyclic) bond motifs is 1. The first-order valence-corrected chi connectivity index (χ1v) is 9.11. The molecular weight excluding hydrogens is 320 g/mol. The molecule has 1 atom stereocenters. The van der Waals surface area contributed by atoms with Crippen LogP contribution in [-0.2, 0) is 17.8 Å². The molecule has 1 fully saturated rings. The van der Waals surface area contributed by atoms with E-state index < -0.39 is 0 Å². The maximum Gasteiger partial charge on any atom is 0.275 e. The average molecular weight is 348 g/mol. The normalized spacial score (nSPS) is 21.1. The third kappa shape index (κ3) is 4.03. The zero-order valence-electron chi connectivity index (χ0n) is 15.5. The van der Waals surface area contributed by atoms with E-state index in [1.165, 1.54) is 17.7 Å². The van der Waals surface area contributed by atoms with E-state index in [1.807, 2.05) is 4.90 Å². The molecule has 1 aromatic heterocycles. The second-order valence-electron chi connectivity index (χ2n) is 7.51. The molecule has 0 spiro atoms. The van der Waals surface area contributed by atoms with Gasteiger partial charge in [0.05, 0.1) is 6.54 Å². The molecule has 7 heteroatoms. The van der Waals surface area contributed by atoms with Crippen molar-refractivity contribution in [1.82, 2.24) is 19.9 Å². The highest BCUT2D eigenvalue weighted by atomic mass is 16.5. The maximum atomic E-state index is 12.6. The van der Waals surface area contributed by atoms with Crippen LogP contribution in [0.5, 0.6) is 0 Å². The van der Waals surface area contributed by atoms with Crippen LogP contribution in [0, 0.1) is 5.92 Å². The van der Waals surface area contributed by atoms with Gasteiger partial charge in [0.25, 0.3) is 5.91 Å². The zero-order chi connectivity index (χ0) is 18.0. The lowest BCUT2D eigenvalue weighted by molar-refractivity contribution is -0.132. The molecule has 2 aliphatic rings. The smallest absolute Gasteiger partial charge is 0.275 e. The van der Waals surface area contributed by atoms with Crippen LogP contribution in [0.3, 0.4) is 0 Å². The number of likely N-dealkylation sites (tertiary alicyclic amines) is 1. The van der Waals surface area contributed by atoms with Gasteiger partial charge >= 0.3 is 0 Å².